The molecule has 0 fully saturated rings. The third kappa shape index (κ3) is 7.14. The van der Waals surface area contributed by atoms with Crippen LogP contribution in [-0.4, -0.2) is 10.8 Å². The number of furan rings is 1. The first-order valence-corrected chi connectivity index (χ1v) is 11.8. The molecule has 1 amide bonds. The van der Waals surface area contributed by atoms with E-state index in [0.29, 0.717) is 5.02 Å². The van der Waals surface area contributed by atoms with E-state index in [0.717, 1.165) is 30.3 Å². The maximum Gasteiger partial charge on any atom is 0.416 e. The molecule has 0 radical (unpaired) electrons. The van der Waals surface area contributed by atoms with Crippen LogP contribution in [0, 0.1) is 10.1 Å². The summed E-state index contributed by atoms with van der Waals surface area (Å²) >= 11 is 18.0. The van der Waals surface area contributed by atoms with E-state index >= 15 is 0 Å². The van der Waals surface area contributed by atoms with E-state index in [4.69, 9.17) is 48.7 Å². The summed E-state index contributed by atoms with van der Waals surface area (Å²) in [5.74, 6) is -0.920. The van der Waals surface area contributed by atoms with Crippen molar-refractivity contribution in [3.05, 3.63) is 109 Å². The number of nitrogens with one attached hydrogen (secondary N) is 1. The molecule has 0 aliphatic rings. The summed E-state index contributed by atoms with van der Waals surface area (Å²) in [7, 11) is 0. The molecule has 1 heterocycles. The zero-order chi connectivity index (χ0) is 28.3. The molecule has 0 atom stereocenters. The number of carbonyl (C=O) groups is 1. The molecule has 0 saturated carbocycles. The Kier molecular flexibility index (Phi) is 8.24. The number of alkyl halides is 3. The molecule has 4 aromatic rings. The van der Waals surface area contributed by atoms with Gasteiger partial charge < -0.3 is 19.2 Å². The molecule has 8 nitrogen and oxygen atoms in total. The number of carbonyl (C=O) groups excluding carboxylic acids is 1. The third-order valence-electron chi connectivity index (χ3n) is 4.96. The molecule has 1 aromatic heterocycles. The Morgan fingerprint density at radius 3 is 2.36 bits per heavy atom. The van der Waals surface area contributed by atoms with Gasteiger partial charge in [-0.05, 0) is 42.5 Å². The number of nitrogens with zero attached hydrogens (tertiary/aromatic N) is 1. The number of anilines is 1. The summed E-state index contributed by atoms with van der Waals surface area (Å²) in [6.45, 7) is -0.139. The van der Waals surface area contributed by atoms with Crippen molar-refractivity contribution in [1.82, 2.24) is 0 Å². The van der Waals surface area contributed by atoms with E-state index in [9.17, 15) is 28.1 Å². The lowest BCUT2D eigenvalue weighted by atomic mass is 10.2. The Hall–Kier alpha value is -3.93. The van der Waals surface area contributed by atoms with Crippen LogP contribution >= 0.6 is 34.8 Å². The number of hydrogen-bond donors (Lipinski definition) is 1. The minimum atomic E-state index is -4.61. The molecule has 14 heteroatoms. The lowest BCUT2D eigenvalue weighted by Gasteiger charge is -2.11. The van der Waals surface area contributed by atoms with Crippen molar-refractivity contribution in [2.24, 2.45) is 0 Å². The van der Waals surface area contributed by atoms with Crippen LogP contribution in [0.3, 0.4) is 0 Å². The number of halogens is 6. The van der Waals surface area contributed by atoms with E-state index < -0.39 is 28.3 Å². The molecule has 0 bridgehead atoms. The van der Waals surface area contributed by atoms with Crippen molar-refractivity contribution < 1.29 is 36.8 Å². The van der Waals surface area contributed by atoms with Gasteiger partial charge in [0, 0.05) is 17.2 Å². The second-order valence-electron chi connectivity index (χ2n) is 7.81. The van der Waals surface area contributed by atoms with Crippen LogP contribution in [0.15, 0.2) is 71.1 Å². The first-order chi connectivity index (χ1) is 18.4. The summed E-state index contributed by atoms with van der Waals surface area (Å²) in [5, 5.41) is 14.5. The summed E-state index contributed by atoms with van der Waals surface area (Å²) in [5.41, 5.74) is -1.50. The highest BCUT2D eigenvalue weighted by atomic mass is 35.5. The minimum absolute atomic E-state index is 0.0647. The Bertz CT molecular complexity index is 1540. The summed E-state index contributed by atoms with van der Waals surface area (Å²) in [6.07, 6.45) is -4.61. The number of benzene rings is 3. The first kappa shape index (κ1) is 28.1. The van der Waals surface area contributed by atoms with E-state index in [1.165, 1.54) is 36.4 Å². The van der Waals surface area contributed by atoms with Gasteiger partial charge in [0.15, 0.2) is 11.5 Å². The zero-order valence-corrected chi connectivity index (χ0v) is 21.5. The number of rotatable bonds is 8. The Balaban J connectivity index is 1.49. The number of nitro groups is 1. The van der Waals surface area contributed by atoms with Gasteiger partial charge in [-0.25, -0.2) is 0 Å². The van der Waals surface area contributed by atoms with Gasteiger partial charge in [-0.15, -0.1) is 0 Å². The fraction of sp³-hybridized carbons (Fsp3) is 0.0800. The normalized spacial score (nSPS) is 11.2. The third-order valence-corrected chi connectivity index (χ3v) is 5.74. The molecule has 0 spiro atoms. The lowest BCUT2D eigenvalue weighted by Crippen LogP contribution is -2.11. The van der Waals surface area contributed by atoms with Crippen molar-refractivity contribution in [3.63, 3.8) is 0 Å². The standard InChI is InChI=1S/C25H14Cl3F3N2O6/c26-14-7-20(27)23(21(28)8-14)37-12-18-4-5-22(39-18)24(34)32-15-9-16(33(35)36)11-19(10-15)38-17-3-1-2-13(6-17)25(29,30)31/h1-11H,12H2,(H,32,34). The van der Waals surface area contributed by atoms with Gasteiger partial charge in [0.05, 0.1) is 32.3 Å². The maximum absolute atomic E-state index is 13.0. The summed E-state index contributed by atoms with van der Waals surface area (Å²) in [4.78, 5) is 23.4. The Labute approximate surface area is 232 Å². The maximum atomic E-state index is 13.0. The van der Waals surface area contributed by atoms with E-state index in [1.54, 1.807) is 0 Å². The molecular formula is C25H14Cl3F3N2O6. The van der Waals surface area contributed by atoms with Crippen LogP contribution in [0.1, 0.15) is 21.9 Å². The van der Waals surface area contributed by atoms with Crippen LogP contribution in [-0.2, 0) is 12.8 Å². The predicted octanol–water partition coefficient (Wildman–Crippen LogP) is 8.79. The Morgan fingerprint density at radius 1 is 0.974 bits per heavy atom. The van der Waals surface area contributed by atoms with Gasteiger partial charge in [-0.3, -0.25) is 14.9 Å². The largest absolute Gasteiger partial charge is 0.483 e. The van der Waals surface area contributed by atoms with Crippen molar-refractivity contribution in [1.29, 1.82) is 0 Å². The van der Waals surface area contributed by atoms with Crippen molar-refractivity contribution in [2.75, 3.05) is 5.32 Å². The molecule has 3 aromatic carbocycles. The molecule has 39 heavy (non-hydrogen) atoms. The highest BCUT2D eigenvalue weighted by Crippen LogP contribution is 2.37. The molecule has 0 aliphatic carbocycles. The van der Waals surface area contributed by atoms with Gasteiger partial charge in [-0.1, -0.05) is 40.9 Å². The number of nitro benzene ring substituents is 1. The molecule has 0 unspecified atom stereocenters. The van der Waals surface area contributed by atoms with Gasteiger partial charge in [0.25, 0.3) is 11.6 Å². The Morgan fingerprint density at radius 2 is 1.69 bits per heavy atom. The van der Waals surface area contributed by atoms with Crippen LogP contribution in [0.25, 0.3) is 0 Å². The van der Waals surface area contributed by atoms with Gasteiger partial charge in [0.2, 0.25) is 0 Å². The summed E-state index contributed by atoms with van der Waals surface area (Å²) in [6, 6.07) is 12.9. The molecule has 1 N–H and O–H groups in total. The molecule has 0 aliphatic heterocycles. The average Bonchev–Trinajstić information content (AvgIpc) is 3.32. The summed E-state index contributed by atoms with van der Waals surface area (Å²) < 4.78 is 55.5. The fourth-order valence-corrected chi connectivity index (χ4v) is 4.20. The van der Waals surface area contributed by atoms with E-state index in [1.807, 2.05) is 0 Å². The van der Waals surface area contributed by atoms with Crippen molar-refractivity contribution in [3.8, 4) is 17.2 Å². The van der Waals surface area contributed by atoms with Crippen molar-refractivity contribution >= 4 is 52.1 Å². The highest BCUT2D eigenvalue weighted by Gasteiger charge is 2.30. The van der Waals surface area contributed by atoms with Crippen LogP contribution in [0.2, 0.25) is 15.1 Å². The van der Waals surface area contributed by atoms with Gasteiger partial charge in [0.1, 0.15) is 23.9 Å². The fourth-order valence-electron chi connectivity index (χ4n) is 3.27. The monoisotopic (exact) mass is 600 g/mol. The zero-order valence-electron chi connectivity index (χ0n) is 19.2. The first-order valence-electron chi connectivity index (χ1n) is 10.7. The number of ether oxygens (including phenoxy) is 2. The van der Waals surface area contributed by atoms with E-state index in [2.05, 4.69) is 5.32 Å². The van der Waals surface area contributed by atoms with E-state index in [-0.39, 0.29) is 51.1 Å². The smallest absolute Gasteiger partial charge is 0.416 e. The SMILES string of the molecule is O=C(Nc1cc(Oc2cccc(C(F)(F)F)c2)cc([N+](=O)[O-])c1)c1ccc(COc2c(Cl)cc(Cl)cc2Cl)o1. The van der Waals surface area contributed by atoms with Crippen LogP contribution in [0.5, 0.6) is 17.2 Å². The van der Waals surface area contributed by atoms with Crippen LogP contribution in [0.4, 0.5) is 24.5 Å². The quantitative estimate of drug-likeness (QED) is 0.160. The average molecular weight is 602 g/mol. The van der Waals surface area contributed by atoms with Gasteiger partial charge >= 0.3 is 6.18 Å². The van der Waals surface area contributed by atoms with Gasteiger partial charge in [-0.2, -0.15) is 13.2 Å². The second-order valence-corrected chi connectivity index (χ2v) is 9.06. The number of amides is 1. The number of hydrogen-bond acceptors (Lipinski definition) is 6. The lowest BCUT2D eigenvalue weighted by molar-refractivity contribution is -0.384. The molecular weight excluding hydrogens is 588 g/mol. The molecule has 202 valence electrons. The number of non-ortho nitro benzene ring substituents is 1. The molecule has 0 saturated heterocycles. The minimum Gasteiger partial charge on any atom is -0.483 e. The van der Waals surface area contributed by atoms with Crippen molar-refractivity contribution in [2.45, 2.75) is 12.8 Å². The predicted molar refractivity (Wildman–Crippen MR) is 137 cm³/mol. The topological polar surface area (TPSA) is 104 Å². The molecule has 4 rings (SSSR count). The highest BCUT2D eigenvalue weighted by molar-refractivity contribution is 6.40. The second kappa shape index (κ2) is 11.4. The van der Waals surface area contributed by atoms with Crippen LogP contribution < -0.4 is 14.8 Å².